The fraction of sp³-hybridized carbons (Fsp3) is 0.261. The van der Waals surface area contributed by atoms with Crippen LogP contribution in [0.15, 0.2) is 54.7 Å². The number of amides is 1. The first-order valence-electron chi connectivity index (χ1n) is 10.0. The number of carboxylic acid groups (broad SMARTS) is 2. The Bertz CT molecular complexity index is 1120. The Balaban J connectivity index is 1.80. The van der Waals surface area contributed by atoms with Crippen LogP contribution in [0.2, 0.25) is 0 Å². The molecule has 0 aliphatic carbocycles. The molecule has 160 valence electrons. The van der Waals surface area contributed by atoms with Gasteiger partial charge in [0, 0.05) is 55.4 Å². The second-order valence-corrected chi connectivity index (χ2v) is 7.65. The lowest BCUT2D eigenvalue weighted by molar-refractivity contribution is -0.144. The minimum absolute atomic E-state index is 0.112. The third kappa shape index (κ3) is 4.15. The van der Waals surface area contributed by atoms with E-state index in [1.807, 2.05) is 46.0 Å². The van der Waals surface area contributed by atoms with Crippen LogP contribution < -0.4 is 0 Å². The van der Waals surface area contributed by atoms with E-state index in [0.29, 0.717) is 43.7 Å². The molecule has 2 aromatic carbocycles. The molecule has 0 radical (unpaired) electrons. The summed E-state index contributed by atoms with van der Waals surface area (Å²) in [6.07, 6.45) is 2.59. The SMILES string of the molecule is O=CN1CCN([C@H](C(=O)O)c2cn(Cc3ccccc3)c3ccc(C(=O)O)cc23)CC1. The number of hydrogen-bond acceptors (Lipinski definition) is 4. The Morgan fingerprint density at radius 3 is 2.32 bits per heavy atom. The summed E-state index contributed by atoms with van der Waals surface area (Å²) in [7, 11) is 0. The molecule has 31 heavy (non-hydrogen) atoms. The van der Waals surface area contributed by atoms with Crippen LogP contribution in [0, 0.1) is 0 Å². The van der Waals surface area contributed by atoms with E-state index in [9.17, 15) is 24.6 Å². The number of aliphatic carboxylic acids is 1. The van der Waals surface area contributed by atoms with Gasteiger partial charge in [0.2, 0.25) is 6.41 Å². The second kappa shape index (κ2) is 8.61. The molecular formula is C23H23N3O5. The van der Waals surface area contributed by atoms with Crippen molar-refractivity contribution in [2.75, 3.05) is 26.2 Å². The highest BCUT2D eigenvalue weighted by Crippen LogP contribution is 2.32. The zero-order chi connectivity index (χ0) is 22.0. The van der Waals surface area contributed by atoms with Gasteiger partial charge in [0.1, 0.15) is 6.04 Å². The first-order chi connectivity index (χ1) is 15.0. The number of fused-ring (bicyclic) bond motifs is 1. The molecule has 0 saturated carbocycles. The van der Waals surface area contributed by atoms with Gasteiger partial charge in [-0.1, -0.05) is 30.3 Å². The lowest BCUT2D eigenvalue weighted by Crippen LogP contribution is -2.48. The average molecular weight is 421 g/mol. The normalized spacial score (nSPS) is 15.7. The fourth-order valence-corrected chi connectivity index (χ4v) is 4.17. The van der Waals surface area contributed by atoms with Gasteiger partial charge in [0.05, 0.1) is 5.56 Å². The van der Waals surface area contributed by atoms with E-state index >= 15 is 0 Å². The number of hydrogen-bond donors (Lipinski definition) is 2. The number of carbonyl (C=O) groups is 3. The summed E-state index contributed by atoms with van der Waals surface area (Å²) in [5, 5.41) is 20.2. The van der Waals surface area contributed by atoms with Crippen molar-refractivity contribution in [3.05, 3.63) is 71.4 Å². The highest BCUT2D eigenvalue weighted by molar-refractivity contribution is 5.96. The summed E-state index contributed by atoms with van der Waals surface area (Å²) in [6.45, 7) is 2.31. The molecule has 8 nitrogen and oxygen atoms in total. The minimum Gasteiger partial charge on any atom is -0.480 e. The quantitative estimate of drug-likeness (QED) is 0.568. The lowest BCUT2D eigenvalue weighted by atomic mass is 10.0. The van der Waals surface area contributed by atoms with Gasteiger partial charge < -0.3 is 19.7 Å². The van der Waals surface area contributed by atoms with Crippen LogP contribution in [0.1, 0.15) is 27.5 Å². The van der Waals surface area contributed by atoms with E-state index in [1.54, 1.807) is 17.0 Å². The standard InChI is InChI=1S/C23H23N3O5/c27-15-24-8-10-25(11-9-24)21(23(30)31)19-14-26(13-16-4-2-1-3-5-16)20-7-6-17(22(28)29)12-18(19)20/h1-7,12,14-15,21H,8-11,13H2,(H,28,29)(H,30,31)/t21-/m0/s1. The molecule has 0 unspecified atom stereocenters. The van der Waals surface area contributed by atoms with Crippen molar-refractivity contribution >= 4 is 29.3 Å². The van der Waals surface area contributed by atoms with Crippen molar-refractivity contribution in [2.24, 2.45) is 0 Å². The number of aromatic nitrogens is 1. The fourth-order valence-electron chi connectivity index (χ4n) is 4.17. The largest absolute Gasteiger partial charge is 0.480 e. The smallest absolute Gasteiger partial charge is 0.335 e. The highest BCUT2D eigenvalue weighted by atomic mass is 16.4. The highest BCUT2D eigenvalue weighted by Gasteiger charge is 2.32. The maximum absolute atomic E-state index is 12.3. The van der Waals surface area contributed by atoms with Crippen LogP contribution >= 0.6 is 0 Å². The molecule has 4 rings (SSSR count). The molecule has 2 heterocycles. The lowest BCUT2D eigenvalue weighted by Gasteiger charge is -2.36. The Morgan fingerprint density at radius 2 is 1.71 bits per heavy atom. The number of carboxylic acids is 2. The van der Waals surface area contributed by atoms with Crippen LogP contribution in [0.3, 0.4) is 0 Å². The monoisotopic (exact) mass is 421 g/mol. The third-order valence-electron chi connectivity index (χ3n) is 5.75. The third-order valence-corrected chi connectivity index (χ3v) is 5.75. The summed E-state index contributed by atoms with van der Waals surface area (Å²) in [5.74, 6) is -2.06. The Hall–Kier alpha value is -3.65. The zero-order valence-corrected chi connectivity index (χ0v) is 16.8. The van der Waals surface area contributed by atoms with Gasteiger partial charge in [0.25, 0.3) is 0 Å². The molecule has 1 aliphatic rings. The van der Waals surface area contributed by atoms with Gasteiger partial charge >= 0.3 is 11.9 Å². The first-order valence-corrected chi connectivity index (χ1v) is 10.0. The van der Waals surface area contributed by atoms with E-state index < -0.39 is 18.0 Å². The number of aromatic carboxylic acids is 1. The molecule has 1 saturated heterocycles. The predicted molar refractivity (Wildman–Crippen MR) is 114 cm³/mol. The van der Waals surface area contributed by atoms with E-state index in [4.69, 9.17) is 0 Å². The second-order valence-electron chi connectivity index (χ2n) is 7.65. The molecule has 2 N–H and O–H groups in total. The predicted octanol–water partition coefficient (Wildman–Crippen LogP) is 2.29. The maximum atomic E-state index is 12.3. The van der Waals surface area contributed by atoms with E-state index in [2.05, 4.69) is 0 Å². The molecule has 0 spiro atoms. The van der Waals surface area contributed by atoms with Gasteiger partial charge in [-0.25, -0.2) is 4.79 Å². The minimum atomic E-state index is -1.06. The average Bonchev–Trinajstić information content (AvgIpc) is 3.12. The summed E-state index contributed by atoms with van der Waals surface area (Å²) in [5.41, 5.74) is 2.50. The van der Waals surface area contributed by atoms with Gasteiger partial charge in [0.15, 0.2) is 0 Å². The molecule has 0 bridgehead atoms. The van der Waals surface area contributed by atoms with E-state index in [-0.39, 0.29) is 5.56 Å². The number of piperazine rings is 1. The maximum Gasteiger partial charge on any atom is 0.335 e. The van der Waals surface area contributed by atoms with Crippen LogP contribution in [0.25, 0.3) is 10.9 Å². The van der Waals surface area contributed by atoms with E-state index in [0.717, 1.165) is 17.5 Å². The van der Waals surface area contributed by atoms with Crippen molar-refractivity contribution < 1.29 is 24.6 Å². The molecule has 1 amide bonds. The molecule has 1 fully saturated rings. The van der Waals surface area contributed by atoms with Gasteiger partial charge in [-0.05, 0) is 23.8 Å². The Morgan fingerprint density at radius 1 is 1.00 bits per heavy atom. The molecule has 1 aliphatic heterocycles. The van der Waals surface area contributed by atoms with Crippen LogP contribution in [-0.2, 0) is 16.1 Å². The Kier molecular flexibility index (Phi) is 5.73. The summed E-state index contributed by atoms with van der Waals surface area (Å²) in [6, 6.07) is 13.7. The number of carbonyl (C=O) groups excluding carboxylic acids is 1. The van der Waals surface area contributed by atoms with Crippen molar-refractivity contribution in [1.82, 2.24) is 14.4 Å². The van der Waals surface area contributed by atoms with E-state index in [1.165, 1.54) is 6.07 Å². The van der Waals surface area contributed by atoms with Crippen LogP contribution in [0.5, 0.6) is 0 Å². The summed E-state index contributed by atoms with van der Waals surface area (Å²) < 4.78 is 1.96. The summed E-state index contributed by atoms with van der Waals surface area (Å²) in [4.78, 5) is 38.4. The molecule has 1 aromatic heterocycles. The van der Waals surface area contributed by atoms with Crippen molar-refractivity contribution in [3.8, 4) is 0 Å². The van der Waals surface area contributed by atoms with Gasteiger partial charge in [-0.2, -0.15) is 0 Å². The molecule has 1 atom stereocenters. The van der Waals surface area contributed by atoms with Crippen LogP contribution in [0.4, 0.5) is 0 Å². The summed E-state index contributed by atoms with van der Waals surface area (Å²) >= 11 is 0. The number of rotatable bonds is 7. The zero-order valence-electron chi connectivity index (χ0n) is 16.8. The Labute approximate surface area is 178 Å². The number of nitrogens with zero attached hydrogens (tertiary/aromatic N) is 3. The van der Waals surface area contributed by atoms with Gasteiger partial charge in [-0.15, -0.1) is 0 Å². The van der Waals surface area contributed by atoms with Crippen molar-refractivity contribution in [1.29, 1.82) is 0 Å². The first kappa shape index (κ1) is 20.6. The molecule has 8 heteroatoms. The molecular weight excluding hydrogens is 398 g/mol. The number of benzene rings is 2. The van der Waals surface area contributed by atoms with Crippen molar-refractivity contribution in [3.63, 3.8) is 0 Å². The molecule has 3 aromatic rings. The van der Waals surface area contributed by atoms with Gasteiger partial charge in [-0.3, -0.25) is 14.5 Å². The van der Waals surface area contributed by atoms with Crippen LogP contribution in [-0.4, -0.2) is 69.1 Å². The topological polar surface area (TPSA) is 103 Å². The van der Waals surface area contributed by atoms with Crippen molar-refractivity contribution in [2.45, 2.75) is 12.6 Å².